The standard InChI is InChI=1S/C13H10NS/c1-9-6-7-13-11(8-9)14-10-4-2-3-5-12(10)15-13/h2-8H,1H3. The smallest absolute Gasteiger partial charge is 0.0779 e. The number of aryl methyl sites for hydroxylation is 1. The van der Waals surface area contributed by atoms with Gasteiger partial charge in [-0.25, -0.2) is 5.32 Å². The maximum atomic E-state index is 4.65. The van der Waals surface area contributed by atoms with Crippen molar-refractivity contribution in [2.45, 2.75) is 16.7 Å². The summed E-state index contributed by atoms with van der Waals surface area (Å²) in [5, 5.41) is 4.65. The Labute approximate surface area is 93.5 Å². The van der Waals surface area contributed by atoms with E-state index in [1.807, 2.05) is 6.07 Å². The van der Waals surface area contributed by atoms with Gasteiger partial charge in [-0.15, -0.1) is 0 Å². The fourth-order valence-corrected chi connectivity index (χ4v) is 2.63. The van der Waals surface area contributed by atoms with Crippen LogP contribution in [0.3, 0.4) is 0 Å². The summed E-state index contributed by atoms with van der Waals surface area (Å²) in [5.41, 5.74) is 3.44. The molecule has 0 bridgehead atoms. The van der Waals surface area contributed by atoms with Gasteiger partial charge in [0.1, 0.15) is 0 Å². The Morgan fingerprint density at radius 3 is 2.67 bits per heavy atom. The topological polar surface area (TPSA) is 14.1 Å². The molecule has 1 radical (unpaired) electrons. The number of nitrogens with zero attached hydrogens (tertiary/aromatic N) is 1. The second-order valence-corrected chi connectivity index (χ2v) is 4.74. The van der Waals surface area contributed by atoms with E-state index in [1.54, 1.807) is 11.8 Å². The summed E-state index contributed by atoms with van der Waals surface area (Å²) in [4.78, 5) is 2.49. The van der Waals surface area contributed by atoms with Gasteiger partial charge >= 0.3 is 0 Å². The Hall–Kier alpha value is -1.41. The lowest BCUT2D eigenvalue weighted by Gasteiger charge is -2.18. The van der Waals surface area contributed by atoms with Crippen LogP contribution in [0.5, 0.6) is 0 Å². The van der Waals surface area contributed by atoms with Crippen molar-refractivity contribution < 1.29 is 0 Å². The third-order valence-corrected chi connectivity index (χ3v) is 3.57. The second kappa shape index (κ2) is 3.31. The molecule has 0 aromatic heterocycles. The quantitative estimate of drug-likeness (QED) is 0.548. The Morgan fingerprint density at radius 1 is 0.933 bits per heavy atom. The second-order valence-electron chi connectivity index (χ2n) is 3.65. The van der Waals surface area contributed by atoms with Crippen LogP contribution in [0.15, 0.2) is 52.3 Å². The van der Waals surface area contributed by atoms with Crippen molar-refractivity contribution >= 4 is 23.1 Å². The Morgan fingerprint density at radius 2 is 1.73 bits per heavy atom. The lowest BCUT2D eigenvalue weighted by molar-refractivity contribution is 1.07. The minimum Gasteiger partial charge on any atom is -0.247 e. The molecule has 1 aliphatic rings. The van der Waals surface area contributed by atoms with Crippen LogP contribution < -0.4 is 5.32 Å². The van der Waals surface area contributed by atoms with E-state index < -0.39 is 0 Å². The zero-order valence-corrected chi connectivity index (χ0v) is 9.21. The minimum absolute atomic E-state index is 1.08. The van der Waals surface area contributed by atoms with Gasteiger partial charge in [0, 0.05) is 9.79 Å². The Balaban J connectivity index is 2.11. The molecule has 2 aromatic rings. The first-order valence-corrected chi connectivity index (χ1v) is 5.74. The predicted molar refractivity (Wildman–Crippen MR) is 63.2 cm³/mol. The van der Waals surface area contributed by atoms with E-state index in [4.69, 9.17) is 0 Å². The fraction of sp³-hybridized carbons (Fsp3) is 0.0769. The first-order chi connectivity index (χ1) is 7.33. The average molecular weight is 212 g/mol. The molecule has 3 rings (SSSR count). The summed E-state index contributed by atoms with van der Waals surface area (Å²) in [5.74, 6) is 0. The molecule has 0 aliphatic carbocycles. The molecule has 0 N–H and O–H groups in total. The zero-order valence-electron chi connectivity index (χ0n) is 8.40. The molecule has 0 spiro atoms. The summed E-state index contributed by atoms with van der Waals surface area (Å²) in [6.45, 7) is 2.10. The van der Waals surface area contributed by atoms with Crippen molar-refractivity contribution in [2.24, 2.45) is 0 Å². The van der Waals surface area contributed by atoms with E-state index in [9.17, 15) is 0 Å². The predicted octanol–water partition coefficient (Wildman–Crippen LogP) is 4.03. The van der Waals surface area contributed by atoms with Crippen molar-refractivity contribution in [2.75, 3.05) is 0 Å². The summed E-state index contributed by atoms with van der Waals surface area (Å²) >= 11 is 1.80. The van der Waals surface area contributed by atoms with Crippen LogP contribution in [0, 0.1) is 6.92 Å². The van der Waals surface area contributed by atoms with Crippen LogP contribution in [0.2, 0.25) is 0 Å². The maximum Gasteiger partial charge on any atom is 0.0779 e. The van der Waals surface area contributed by atoms with Crippen LogP contribution in [0.25, 0.3) is 0 Å². The van der Waals surface area contributed by atoms with Crippen molar-refractivity contribution in [1.82, 2.24) is 5.32 Å². The zero-order chi connectivity index (χ0) is 10.3. The van der Waals surface area contributed by atoms with Crippen LogP contribution >= 0.6 is 11.8 Å². The lowest BCUT2D eigenvalue weighted by Crippen LogP contribution is -1.98. The first-order valence-electron chi connectivity index (χ1n) is 4.92. The van der Waals surface area contributed by atoms with E-state index in [0.29, 0.717) is 0 Å². The van der Waals surface area contributed by atoms with Gasteiger partial charge in [0.15, 0.2) is 0 Å². The van der Waals surface area contributed by atoms with Crippen LogP contribution in [-0.4, -0.2) is 0 Å². The summed E-state index contributed by atoms with van der Waals surface area (Å²) < 4.78 is 0. The molecule has 0 saturated carbocycles. The highest BCUT2D eigenvalue weighted by atomic mass is 32.2. The van der Waals surface area contributed by atoms with E-state index in [-0.39, 0.29) is 0 Å². The molecule has 0 saturated heterocycles. The number of rotatable bonds is 0. The van der Waals surface area contributed by atoms with Crippen molar-refractivity contribution in [3.8, 4) is 0 Å². The first kappa shape index (κ1) is 8.86. The van der Waals surface area contributed by atoms with Gasteiger partial charge in [-0.2, -0.15) is 0 Å². The van der Waals surface area contributed by atoms with Crippen molar-refractivity contribution in [3.05, 3.63) is 48.0 Å². The highest BCUT2D eigenvalue weighted by molar-refractivity contribution is 7.99. The Kier molecular flexibility index (Phi) is 1.96. The minimum atomic E-state index is 1.08. The fourth-order valence-electron chi connectivity index (χ4n) is 1.69. The van der Waals surface area contributed by atoms with Crippen molar-refractivity contribution in [3.63, 3.8) is 0 Å². The van der Waals surface area contributed by atoms with Crippen LogP contribution in [0.1, 0.15) is 5.56 Å². The lowest BCUT2D eigenvalue weighted by atomic mass is 10.2. The van der Waals surface area contributed by atoms with Gasteiger partial charge in [0.25, 0.3) is 0 Å². The van der Waals surface area contributed by atoms with Gasteiger partial charge in [-0.3, -0.25) is 0 Å². The monoisotopic (exact) mass is 212 g/mol. The summed E-state index contributed by atoms with van der Waals surface area (Å²) in [7, 11) is 0. The highest BCUT2D eigenvalue weighted by Gasteiger charge is 2.15. The molecule has 0 fully saturated rings. The van der Waals surface area contributed by atoms with Gasteiger partial charge in [-0.1, -0.05) is 30.0 Å². The summed E-state index contributed by atoms with van der Waals surface area (Å²) in [6, 6.07) is 14.7. The number of fused-ring (bicyclic) bond motifs is 2. The molecule has 0 atom stereocenters. The number of benzene rings is 2. The molecule has 2 heteroatoms. The number of para-hydroxylation sites is 1. The van der Waals surface area contributed by atoms with Gasteiger partial charge in [-0.05, 0) is 36.8 Å². The normalized spacial score (nSPS) is 12.6. The van der Waals surface area contributed by atoms with E-state index in [2.05, 4.69) is 48.6 Å². The van der Waals surface area contributed by atoms with Gasteiger partial charge < -0.3 is 0 Å². The van der Waals surface area contributed by atoms with Gasteiger partial charge in [0.05, 0.1) is 11.4 Å². The molecule has 0 unspecified atom stereocenters. The molecule has 15 heavy (non-hydrogen) atoms. The molecule has 1 heterocycles. The maximum absolute atomic E-state index is 4.65. The highest BCUT2D eigenvalue weighted by Crippen LogP contribution is 2.44. The largest absolute Gasteiger partial charge is 0.247 e. The molecule has 0 amide bonds. The third-order valence-electron chi connectivity index (χ3n) is 2.44. The molecule has 1 nitrogen and oxygen atoms in total. The number of hydrogen-bond acceptors (Lipinski definition) is 1. The molecular formula is C13H10NS. The SMILES string of the molecule is Cc1ccc2c(c1)[N]c1ccccc1S2. The van der Waals surface area contributed by atoms with Gasteiger partial charge in [0.2, 0.25) is 0 Å². The molecule has 2 aromatic carbocycles. The van der Waals surface area contributed by atoms with E-state index >= 15 is 0 Å². The molecular weight excluding hydrogens is 202 g/mol. The average Bonchev–Trinajstić information content (AvgIpc) is 2.26. The van der Waals surface area contributed by atoms with Crippen molar-refractivity contribution in [1.29, 1.82) is 0 Å². The van der Waals surface area contributed by atoms with E-state index in [0.717, 1.165) is 11.4 Å². The molecule has 1 aliphatic heterocycles. The third kappa shape index (κ3) is 1.51. The van der Waals surface area contributed by atoms with Crippen LogP contribution in [-0.2, 0) is 0 Å². The van der Waals surface area contributed by atoms with E-state index in [1.165, 1.54) is 15.4 Å². The number of hydrogen-bond donors (Lipinski definition) is 0. The Bertz CT molecular complexity index is 520. The summed E-state index contributed by atoms with van der Waals surface area (Å²) in [6.07, 6.45) is 0. The molecule has 73 valence electrons. The van der Waals surface area contributed by atoms with Crippen LogP contribution in [0.4, 0.5) is 11.4 Å².